The van der Waals surface area contributed by atoms with E-state index < -0.39 is 0 Å². The second kappa shape index (κ2) is 5.99. The summed E-state index contributed by atoms with van der Waals surface area (Å²) in [4.78, 5) is 4.26. The van der Waals surface area contributed by atoms with Crippen LogP contribution in [0.25, 0.3) is 0 Å². The molecular weight excluding hydrogens is 200 g/mol. The molecule has 1 aromatic heterocycles. The Balaban J connectivity index is 2.16. The number of aryl methyl sites for hydroxylation is 2. The van der Waals surface area contributed by atoms with Crippen molar-refractivity contribution in [1.82, 2.24) is 20.1 Å². The van der Waals surface area contributed by atoms with Gasteiger partial charge in [-0.1, -0.05) is 0 Å². The fourth-order valence-electron chi connectivity index (χ4n) is 1.62. The van der Waals surface area contributed by atoms with Gasteiger partial charge in [0.05, 0.1) is 0 Å². The van der Waals surface area contributed by atoms with Crippen LogP contribution in [0.2, 0.25) is 0 Å². The van der Waals surface area contributed by atoms with Crippen LogP contribution in [0.1, 0.15) is 46.4 Å². The van der Waals surface area contributed by atoms with E-state index in [1.54, 1.807) is 6.33 Å². The first-order valence-corrected chi connectivity index (χ1v) is 6.14. The zero-order valence-corrected chi connectivity index (χ0v) is 11.0. The van der Waals surface area contributed by atoms with E-state index in [1.165, 1.54) is 12.8 Å². The Labute approximate surface area is 98.5 Å². The molecule has 0 radical (unpaired) electrons. The van der Waals surface area contributed by atoms with E-state index >= 15 is 0 Å². The fraction of sp³-hybridized carbons (Fsp3) is 0.833. The minimum absolute atomic E-state index is 0.226. The first-order chi connectivity index (χ1) is 7.53. The molecule has 0 unspecified atom stereocenters. The predicted octanol–water partition coefficient (Wildman–Crippen LogP) is 2.01. The van der Waals surface area contributed by atoms with Crippen molar-refractivity contribution >= 4 is 0 Å². The summed E-state index contributed by atoms with van der Waals surface area (Å²) in [6, 6.07) is 0. The van der Waals surface area contributed by atoms with Crippen molar-refractivity contribution in [2.75, 3.05) is 6.54 Å². The number of unbranched alkanes of at least 4 members (excludes halogenated alkanes) is 1. The van der Waals surface area contributed by atoms with Gasteiger partial charge in [-0.05, 0) is 47.1 Å². The van der Waals surface area contributed by atoms with Gasteiger partial charge in [-0.3, -0.25) is 4.68 Å². The number of hydrogen-bond donors (Lipinski definition) is 1. The van der Waals surface area contributed by atoms with Crippen molar-refractivity contribution in [2.24, 2.45) is 0 Å². The summed E-state index contributed by atoms with van der Waals surface area (Å²) in [5.74, 6) is 1.11. The van der Waals surface area contributed by atoms with Crippen molar-refractivity contribution in [3.05, 3.63) is 12.2 Å². The van der Waals surface area contributed by atoms with Gasteiger partial charge >= 0.3 is 0 Å². The van der Waals surface area contributed by atoms with Crippen LogP contribution in [0.5, 0.6) is 0 Å². The third-order valence-corrected chi connectivity index (χ3v) is 2.48. The quantitative estimate of drug-likeness (QED) is 0.752. The molecule has 1 aromatic rings. The van der Waals surface area contributed by atoms with E-state index in [9.17, 15) is 0 Å². The molecule has 0 aliphatic heterocycles. The summed E-state index contributed by atoms with van der Waals surface area (Å²) in [5, 5.41) is 7.65. The van der Waals surface area contributed by atoms with Crippen molar-refractivity contribution in [2.45, 2.75) is 59.0 Å². The van der Waals surface area contributed by atoms with Crippen LogP contribution in [0, 0.1) is 0 Å². The fourth-order valence-corrected chi connectivity index (χ4v) is 1.62. The third kappa shape index (κ3) is 4.75. The van der Waals surface area contributed by atoms with Crippen molar-refractivity contribution in [3.63, 3.8) is 0 Å². The summed E-state index contributed by atoms with van der Waals surface area (Å²) in [6.07, 6.45) is 5.03. The second-order valence-corrected chi connectivity index (χ2v) is 5.13. The third-order valence-electron chi connectivity index (χ3n) is 2.48. The van der Waals surface area contributed by atoms with Gasteiger partial charge in [0.2, 0.25) is 0 Å². The highest BCUT2D eigenvalue weighted by molar-refractivity contribution is 4.84. The number of hydrogen-bond acceptors (Lipinski definition) is 3. The van der Waals surface area contributed by atoms with Crippen LogP contribution in [-0.2, 0) is 13.0 Å². The minimum Gasteiger partial charge on any atom is -0.312 e. The molecule has 4 heteroatoms. The smallest absolute Gasteiger partial charge is 0.138 e. The van der Waals surface area contributed by atoms with Crippen LogP contribution in [0.4, 0.5) is 0 Å². The lowest BCUT2D eigenvalue weighted by molar-refractivity contribution is 0.417. The average Bonchev–Trinajstić information content (AvgIpc) is 2.63. The highest BCUT2D eigenvalue weighted by atomic mass is 15.3. The van der Waals surface area contributed by atoms with Crippen molar-refractivity contribution in [1.29, 1.82) is 0 Å². The lowest BCUT2D eigenvalue weighted by atomic mass is 10.1. The van der Waals surface area contributed by atoms with Gasteiger partial charge in [0.1, 0.15) is 12.2 Å². The van der Waals surface area contributed by atoms with Gasteiger partial charge in [-0.2, -0.15) is 5.10 Å². The monoisotopic (exact) mass is 224 g/mol. The number of nitrogens with zero attached hydrogens (tertiary/aromatic N) is 3. The number of nitrogens with one attached hydrogen (secondary N) is 1. The topological polar surface area (TPSA) is 42.7 Å². The van der Waals surface area contributed by atoms with Crippen LogP contribution in [-0.4, -0.2) is 26.8 Å². The molecular formula is C12H24N4. The Morgan fingerprint density at radius 3 is 2.69 bits per heavy atom. The van der Waals surface area contributed by atoms with E-state index in [4.69, 9.17) is 0 Å². The van der Waals surface area contributed by atoms with Crippen LogP contribution in [0.15, 0.2) is 6.33 Å². The standard InChI is InChI=1S/C12H24N4/c1-5-16-11(13-10-15-16)8-6-7-9-14-12(2,3)4/h10,14H,5-9H2,1-4H3. The Morgan fingerprint density at radius 1 is 1.31 bits per heavy atom. The van der Waals surface area contributed by atoms with E-state index in [-0.39, 0.29) is 5.54 Å². The molecule has 0 aromatic carbocycles. The average molecular weight is 224 g/mol. The predicted molar refractivity (Wildman–Crippen MR) is 66.4 cm³/mol. The van der Waals surface area contributed by atoms with E-state index in [0.717, 1.165) is 25.3 Å². The molecule has 4 nitrogen and oxygen atoms in total. The maximum atomic E-state index is 4.26. The molecule has 0 atom stereocenters. The van der Waals surface area contributed by atoms with Gasteiger partial charge in [0.15, 0.2) is 0 Å². The van der Waals surface area contributed by atoms with Crippen LogP contribution in [0.3, 0.4) is 0 Å². The first kappa shape index (κ1) is 13.2. The van der Waals surface area contributed by atoms with Crippen LogP contribution >= 0.6 is 0 Å². The molecule has 0 saturated heterocycles. The first-order valence-electron chi connectivity index (χ1n) is 6.14. The summed E-state index contributed by atoms with van der Waals surface area (Å²) in [5.41, 5.74) is 0.226. The summed E-state index contributed by atoms with van der Waals surface area (Å²) >= 11 is 0. The molecule has 1 heterocycles. The second-order valence-electron chi connectivity index (χ2n) is 5.13. The molecule has 0 bridgehead atoms. The largest absolute Gasteiger partial charge is 0.312 e. The molecule has 0 saturated carbocycles. The highest BCUT2D eigenvalue weighted by Gasteiger charge is 2.07. The lowest BCUT2D eigenvalue weighted by Gasteiger charge is -2.20. The van der Waals surface area contributed by atoms with Gasteiger partial charge in [0, 0.05) is 18.5 Å². The van der Waals surface area contributed by atoms with Crippen molar-refractivity contribution < 1.29 is 0 Å². The number of aromatic nitrogens is 3. The maximum Gasteiger partial charge on any atom is 0.138 e. The summed E-state index contributed by atoms with van der Waals surface area (Å²) in [7, 11) is 0. The molecule has 16 heavy (non-hydrogen) atoms. The van der Waals surface area contributed by atoms with Gasteiger partial charge in [-0.25, -0.2) is 4.98 Å². The molecule has 0 fully saturated rings. The summed E-state index contributed by atoms with van der Waals surface area (Å²) < 4.78 is 1.97. The molecule has 1 rings (SSSR count). The molecule has 1 N–H and O–H groups in total. The molecule has 92 valence electrons. The minimum atomic E-state index is 0.226. The zero-order valence-electron chi connectivity index (χ0n) is 11.0. The maximum absolute atomic E-state index is 4.26. The lowest BCUT2D eigenvalue weighted by Crippen LogP contribution is -2.36. The summed E-state index contributed by atoms with van der Waals surface area (Å²) in [6.45, 7) is 10.7. The van der Waals surface area contributed by atoms with Gasteiger partial charge < -0.3 is 5.32 Å². The molecule has 0 aliphatic rings. The Hall–Kier alpha value is -0.900. The Bertz CT molecular complexity index is 298. The van der Waals surface area contributed by atoms with Gasteiger partial charge in [-0.15, -0.1) is 0 Å². The normalized spacial score (nSPS) is 12.0. The van der Waals surface area contributed by atoms with Crippen LogP contribution < -0.4 is 5.32 Å². The highest BCUT2D eigenvalue weighted by Crippen LogP contribution is 2.03. The van der Waals surface area contributed by atoms with Gasteiger partial charge in [0.25, 0.3) is 0 Å². The van der Waals surface area contributed by atoms with E-state index in [1.807, 2.05) is 4.68 Å². The molecule has 0 aliphatic carbocycles. The zero-order chi connectivity index (χ0) is 12.0. The van der Waals surface area contributed by atoms with E-state index in [0.29, 0.717) is 0 Å². The Kier molecular flexibility index (Phi) is 4.93. The van der Waals surface area contributed by atoms with E-state index in [2.05, 4.69) is 43.1 Å². The SMILES string of the molecule is CCn1ncnc1CCCCNC(C)(C)C. The molecule has 0 amide bonds. The van der Waals surface area contributed by atoms with Crippen molar-refractivity contribution in [3.8, 4) is 0 Å². The molecule has 0 spiro atoms. The Morgan fingerprint density at radius 2 is 2.06 bits per heavy atom. The number of rotatable bonds is 6.